The van der Waals surface area contributed by atoms with E-state index in [1.807, 2.05) is 0 Å². The molecule has 1 N–H and O–H groups in total. The maximum absolute atomic E-state index is 13.1. The maximum Gasteiger partial charge on any atom is 0.410 e. The molecule has 0 spiro atoms. The first-order valence-corrected chi connectivity index (χ1v) is 6.13. The van der Waals surface area contributed by atoms with Crippen LogP contribution in [0.25, 0.3) is 0 Å². The van der Waals surface area contributed by atoms with Crippen LogP contribution in [0, 0.1) is 10.8 Å². The summed E-state index contributed by atoms with van der Waals surface area (Å²) in [5, 5.41) is 9.10. The molecule has 0 aromatic carbocycles. The average molecular weight is 295 g/mol. The molecule has 2 unspecified atom stereocenters. The van der Waals surface area contributed by atoms with Crippen molar-refractivity contribution < 1.29 is 32.6 Å². The molecule has 2 rings (SSSR count). The van der Waals surface area contributed by atoms with Crippen LogP contribution >= 0.6 is 0 Å². The quantitative estimate of drug-likeness (QED) is 0.805. The summed E-state index contributed by atoms with van der Waals surface area (Å²) < 4.78 is 44.4. The van der Waals surface area contributed by atoms with Crippen molar-refractivity contribution in [2.45, 2.75) is 39.0 Å². The van der Waals surface area contributed by atoms with Gasteiger partial charge in [0.05, 0.1) is 0 Å². The van der Waals surface area contributed by atoms with Gasteiger partial charge in [-0.3, -0.25) is 4.79 Å². The number of carbonyl (C=O) groups excluding carboxylic acids is 1. The highest BCUT2D eigenvalue weighted by Gasteiger charge is 2.87. The molecule has 1 heterocycles. The number of aliphatic carboxylic acids is 1. The lowest BCUT2D eigenvalue weighted by Crippen LogP contribution is -2.39. The van der Waals surface area contributed by atoms with Crippen molar-refractivity contribution in [2.24, 2.45) is 10.8 Å². The van der Waals surface area contributed by atoms with Crippen LogP contribution < -0.4 is 0 Å². The Morgan fingerprint density at radius 3 is 2.10 bits per heavy atom. The van der Waals surface area contributed by atoms with E-state index in [1.54, 1.807) is 20.8 Å². The van der Waals surface area contributed by atoms with Gasteiger partial charge >= 0.3 is 18.2 Å². The van der Waals surface area contributed by atoms with E-state index in [0.29, 0.717) is 0 Å². The zero-order valence-electron chi connectivity index (χ0n) is 11.4. The van der Waals surface area contributed by atoms with Gasteiger partial charge in [-0.25, -0.2) is 4.79 Å². The van der Waals surface area contributed by atoms with E-state index in [2.05, 4.69) is 0 Å². The summed E-state index contributed by atoms with van der Waals surface area (Å²) in [6, 6.07) is 0. The monoisotopic (exact) mass is 295 g/mol. The average Bonchev–Trinajstić information content (AvgIpc) is 2.75. The molecule has 8 heteroatoms. The number of fused-ring (bicyclic) bond motifs is 1. The topological polar surface area (TPSA) is 66.8 Å². The molecule has 114 valence electrons. The smallest absolute Gasteiger partial charge is 0.410 e. The maximum atomic E-state index is 13.1. The highest BCUT2D eigenvalue weighted by atomic mass is 19.4. The lowest BCUT2D eigenvalue weighted by atomic mass is 9.96. The number of carboxylic acid groups (broad SMARTS) is 1. The van der Waals surface area contributed by atoms with Gasteiger partial charge in [-0.05, 0) is 27.2 Å². The Morgan fingerprint density at radius 2 is 1.75 bits per heavy atom. The molecule has 1 aliphatic carbocycles. The number of carboxylic acids is 1. The summed E-state index contributed by atoms with van der Waals surface area (Å²) in [6.45, 7) is 3.66. The van der Waals surface area contributed by atoms with Crippen molar-refractivity contribution in [1.82, 2.24) is 4.90 Å². The predicted molar refractivity (Wildman–Crippen MR) is 61.0 cm³/mol. The van der Waals surface area contributed by atoms with Crippen molar-refractivity contribution in [3.05, 3.63) is 0 Å². The molecular formula is C12H16F3NO4. The SMILES string of the molecule is CC(C)(C)OC(=O)N1CC2(C(=O)O)CC2(C(F)(F)F)C1. The number of hydrogen-bond acceptors (Lipinski definition) is 3. The third-order valence-corrected chi connectivity index (χ3v) is 3.92. The molecule has 0 aromatic rings. The normalized spacial score (nSPS) is 32.8. The Labute approximate surface area is 113 Å². The van der Waals surface area contributed by atoms with E-state index in [-0.39, 0.29) is 0 Å². The summed E-state index contributed by atoms with van der Waals surface area (Å²) in [5.41, 5.74) is -5.09. The first-order chi connectivity index (χ1) is 8.85. The largest absolute Gasteiger partial charge is 0.481 e. The van der Waals surface area contributed by atoms with Gasteiger partial charge in [-0.1, -0.05) is 0 Å². The minimum atomic E-state index is -4.65. The summed E-state index contributed by atoms with van der Waals surface area (Å²) >= 11 is 0. The zero-order chi connectivity index (χ0) is 15.6. The molecule has 0 aromatic heterocycles. The third kappa shape index (κ3) is 1.92. The van der Waals surface area contributed by atoms with Crippen molar-refractivity contribution in [2.75, 3.05) is 13.1 Å². The fraction of sp³-hybridized carbons (Fsp3) is 0.833. The summed E-state index contributed by atoms with van der Waals surface area (Å²) in [6.07, 6.45) is -6.03. The van der Waals surface area contributed by atoms with E-state index in [0.717, 1.165) is 4.90 Å². The minimum Gasteiger partial charge on any atom is -0.481 e. The number of nitrogens with zero attached hydrogens (tertiary/aromatic N) is 1. The molecule has 1 amide bonds. The van der Waals surface area contributed by atoms with Crippen LogP contribution in [0.4, 0.5) is 18.0 Å². The van der Waals surface area contributed by atoms with Crippen molar-refractivity contribution in [3.63, 3.8) is 0 Å². The minimum absolute atomic E-state index is 0.462. The van der Waals surface area contributed by atoms with E-state index in [4.69, 9.17) is 9.84 Å². The predicted octanol–water partition coefficient (Wildman–Crippen LogP) is 2.26. The molecule has 0 bridgehead atoms. The van der Waals surface area contributed by atoms with Gasteiger partial charge in [0.15, 0.2) is 0 Å². The number of piperidine rings is 1. The van der Waals surface area contributed by atoms with Gasteiger partial charge < -0.3 is 14.7 Å². The summed E-state index contributed by atoms with van der Waals surface area (Å²) in [7, 11) is 0. The molecule has 2 aliphatic rings. The lowest BCUT2D eigenvalue weighted by molar-refractivity contribution is -0.196. The van der Waals surface area contributed by atoms with Crippen LogP contribution in [0.1, 0.15) is 27.2 Å². The fourth-order valence-electron chi connectivity index (χ4n) is 2.86. The fourth-order valence-corrected chi connectivity index (χ4v) is 2.86. The van der Waals surface area contributed by atoms with E-state index < -0.39 is 54.2 Å². The second-order valence-electron chi connectivity index (χ2n) is 6.48. The Balaban J connectivity index is 2.21. The first-order valence-electron chi connectivity index (χ1n) is 6.13. The molecule has 1 aliphatic heterocycles. The number of carbonyl (C=O) groups is 2. The molecule has 20 heavy (non-hydrogen) atoms. The number of halogens is 3. The number of amides is 1. The molecular weight excluding hydrogens is 279 g/mol. The van der Waals surface area contributed by atoms with Crippen molar-refractivity contribution in [3.8, 4) is 0 Å². The Kier molecular flexibility index (Phi) is 2.83. The first kappa shape index (κ1) is 14.9. The van der Waals surface area contributed by atoms with E-state index in [9.17, 15) is 22.8 Å². The highest BCUT2D eigenvalue weighted by Crippen LogP contribution is 2.74. The number of ether oxygens (including phenoxy) is 1. The van der Waals surface area contributed by atoms with Gasteiger partial charge in [0, 0.05) is 13.1 Å². The summed E-state index contributed by atoms with van der Waals surface area (Å²) in [5.74, 6) is -1.51. The second-order valence-corrected chi connectivity index (χ2v) is 6.48. The highest BCUT2D eigenvalue weighted by molar-refractivity contribution is 5.84. The third-order valence-electron chi connectivity index (χ3n) is 3.92. The molecule has 1 saturated heterocycles. The summed E-state index contributed by atoms with van der Waals surface area (Å²) in [4.78, 5) is 23.8. The number of hydrogen-bond donors (Lipinski definition) is 1. The molecule has 0 radical (unpaired) electrons. The Morgan fingerprint density at radius 1 is 1.20 bits per heavy atom. The number of alkyl halides is 3. The van der Waals surface area contributed by atoms with E-state index >= 15 is 0 Å². The number of likely N-dealkylation sites (tertiary alicyclic amines) is 1. The van der Waals surface area contributed by atoms with Crippen LogP contribution in [0.2, 0.25) is 0 Å². The Hall–Kier alpha value is -1.47. The molecule has 2 atom stereocenters. The Bertz CT molecular complexity index is 470. The molecule has 5 nitrogen and oxygen atoms in total. The van der Waals surface area contributed by atoms with Crippen LogP contribution in [-0.4, -0.2) is 46.9 Å². The molecule has 1 saturated carbocycles. The molecule has 2 fully saturated rings. The van der Waals surface area contributed by atoms with Crippen LogP contribution in [-0.2, 0) is 9.53 Å². The van der Waals surface area contributed by atoms with Gasteiger partial charge in [-0.15, -0.1) is 0 Å². The van der Waals surface area contributed by atoms with E-state index in [1.165, 1.54) is 0 Å². The second kappa shape index (κ2) is 3.79. The van der Waals surface area contributed by atoms with Crippen molar-refractivity contribution >= 4 is 12.1 Å². The van der Waals surface area contributed by atoms with Gasteiger partial charge in [0.25, 0.3) is 0 Å². The van der Waals surface area contributed by atoms with Gasteiger partial charge in [0.2, 0.25) is 0 Å². The van der Waals surface area contributed by atoms with Crippen LogP contribution in [0.3, 0.4) is 0 Å². The standard InChI is InChI=1S/C12H16F3NO4/c1-9(2,3)20-8(19)16-5-10(7(17)18)4-11(10,6-16)12(13,14)15/h4-6H2,1-3H3,(H,17,18). The van der Waals surface area contributed by atoms with Gasteiger partial charge in [0.1, 0.15) is 16.4 Å². The number of rotatable bonds is 1. The van der Waals surface area contributed by atoms with Crippen LogP contribution in [0.15, 0.2) is 0 Å². The van der Waals surface area contributed by atoms with Crippen LogP contribution in [0.5, 0.6) is 0 Å². The lowest BCUT2D eigenvalue weighted by Gasteiger charge is -2.26. The van der Waals surface area contributed by atoms with Crippen molar-refractivity contribution in [1.29, 1.82) is 0 Å². The van der Waals surface area contributed by atoms with Gasteiger partial charge in [-0.2, -0.15) is 13.2 Å². The zero-order valence-corrected chi connectivity index (χ0v) is 11.4.